The van der Waals surface area contributed by atoms with Crippen LogP contribution in [0.2, 0.25) is 0 Å². The molecule has 10 aromatic carbocycles. The van der Waals surface area contributed by atoms with Crippen LogP contribution in [0, 0.1) is 0 Å². The molecule has 0 saturated heterocycles. The maximum atomic E-state index is 2.55. The van der Waals surface area contributed by atoms with E-state index in [2.05, 4.69) is 231 Å². The van der Waals surface area contributed by atoms with Gasteiger partial charge in [-0.25, -0.2) is 0 Å². The Morgan fingerprint density at radius 3 is 1.64 bits per heavy atom. The molecule has 58 heavy (non-hydrogen) atoms. The van der Waals surface area contributed by atoms with E-state index in [4.69, 9.17) is 0 Å². The molecule has 0 heterocycles. The fourth-order valence-corrected chi connectivity index (χ4v) is 9.63. The Morgan fingerprint density at radius 1 is 0.328 bits per heavy atom. The Kier molecular flexibility index (Phi) is 7.91. The third kappa shape index (κ3) is 5.39. The molecule has 0 saturated carbocycles. The smallest absolute Gasteiger partial charge is 0.0546 e. The zero-order valence-electron chi connectivity index (χ0n) is 32.7. The number of anilines is 3. The van der Waals surface area contributed by atoms with E-state index >= 15 is 0 Å². The first-order chi connectivity index (χ1) is 28.5. The van der Waals surface area contributed by atoms with Crippen LogP contribution < -0.4 is 4.90 Å². The van der Waals surface area contributed by atoms with E-state index < -0.39 is 0 Å². The highest BCUT2D eigenvalue weighted by Gasteiger charge is 2.36. The molecule has 11 rings (SSSR count). The molecule has 0 atom stereocenters. The summed E-state index contributed by atoms with van der Waals surface area (Å²) in [4.78, 5) is 2.55. The zero-order valence-corrected chi connectivity index (χ0v) is 32.7. The van der Waals surface area contributed by atoms with Gasteiger partial charge in [0.25, 0.3) is 0 Å². The first-order valence-corrected chi connectivity index (χ1v) is 20.3. The molecule has 274 valence electrons. The van der Waals surface area contributed by atoms with Gasteiger partial charge in [-0.2, -0.15) is 0 Å². The summed E-state index contributed by atoms with van der Waals surface area (Å²) in [6.07, 6.45) is 0. The van der Waals surface area contributed by atoms with E-state index in [0.717, 1.165) is 17.1 Å². The minimum Gasteiger partial charge on any atom is -0.309 e. The van der Waals surface area contributed by atoms with Gasteiger partial charge in [-0.1, -0.05) is 196 Å². The molecular weight excluding hydrogens is 699 g/mol. The van der Waals surface area contributed by atoms with Gasteiger partial charge < -0.3 is 4.90 Å². The summed E-state index contributed by atoms with van der Waals surface area (Å²) in [7, 11) is 0. The lowest BCUT2D eigenvalue weighted by Crippen LogP contribution is -2.17. The van der Waals surface area contributed by atoms with Crippen molar-refractivity contribution in [2.75, 3.05) is 4.90 Å². The van der Waals surface area contributed by atoms with Crippen LogP contribution in [-0.2, 0) is 5.41 Å². The molecule has 0 aromatic heterocycles. The predicted molar refractivity (Wildman–Crippen MR) is 248 cm³/mol. The summed E-state index contributed by atoms with van der Waals surface area (Å²) in [5.41, 5.74) is 15.8. The summed E-state index contributed by atoms with van der Waals surface area (Å²) in [5.74, 6) is 0. The highest BCUT2D eigenvalue weighted by atomic mass is 15.1. The summed E-state index contributed by atoms with van der Waals surface area (Å²) in [6, 6.07) is 78.5. The quantitative estimate of drug-likeness (QED) is 0.164. The van der Waals surface area contributed by atoms with E-state index in [0.29, 0.717) is 0 Å². The molecule has 0 radical (unpaired) electrons. The van der Waals surface area contributed by atoms with Gasteiger partial charge in [0.2, 0.25) is 0 Å². The first kappa shape index (κ1) is 34.1. The Hall–Kier alpha value is -7.22. The number of nitrogens with zero attached hydrogens (tertiary/aromatic N) is 1. The van der Waals surface area contributed by atoms with E-state index in [9.17, 15) is 0 Å². The highest BCUT2D eigenvalue weighted by molar-refractivity contribution is 6.12. The Bertz CT molecular complexity index is 3200. The monoisotopic (exact) mass is 739 g/mol. The Labute approximate surface area is 340 Å². The van der Waals surface area contributed by atoms with Gasteiger partial charge in [-0.15, -0.1) is 0 Å². The number of fused-ring (bicyclic) bond motifs is 6. The molecule has 0 fully saturated rings. The fourth-order valence-electron chi connectivity index (χ4n) is 9.63. The van der Waals surface area contributed by atoms with Crippen LogP contribution in [0.4, 0.5) is 17.1 Å². The number of rotatable bonds is 6. The average Bonchev–Trinajstić information content (AvgIpc) is 3.51. The molecular formula is C57H41N. The summed E-state index contributed by atoms with van der Waals surface area (Å²) < 4.78 is 0. The minimum atomic E-state index is -0.162. The molecule has 1 aliphatic carbocycles. The van der Waals surface area contributed by atoms with Crippen LogP contribution in [0.5, 0.6) is 0 Å². The van der Waals surface area contributed by atoms with Crippen molar-refractivity contribution in [1.29, 1.82) is 0 Å². The fraction of sp³-hybridized carbons (Fsp3) is 0.0526. The lowest BCUT2D eigenvalue weighted by Gasteiger charge is -2.32. The lowest BCUT2D eigenvalue weighted by atomic mass is 9.82. The second-order valence-electron chi connectivity index (χ2n) is 16.1. The molecule has 0 amide bonds. The SMILES string of the molecule is CC1(C)c2ccccc2-c2ccc(N(c3ccc(-c4ccccc4)cc3-c3cccc4ccccc34)c3ccc4ccccc4c3-c3cccc4ccccc34)cc21. The van der Waals surface area contributed by atoms with Gasteiger partial charge in [0.1, 0.15) is 0 Å². The van der Waals surface area contributed by atoms with Crippen LogP contribution in [-0.4, -0.2) is 0 Å². The second kappa shape index (κ2) is 13.5. The van der Waals surface area contributed by atoms with Gasteiger partial charge in [-0.3, -0.25) is 0 Å². The Balaban J connectivity index is 1.27. The van der Waals surface area contributed by atoms with Crippen LogP contribution in [0.15, 0.2) is 212 Å². The van der Waals surface area contributed by atoms with Crippen LogP contribution in [0.1, 0.15) is 25.0 Å². The van der Waals surface area contributed by atoms with Crippen molar-refractivity contribution in [3.05, 3.63) is 223 Å². The molecule has 0 N–H and O–H groups in total. The molecule has 0 spiro atoms. The molecule has 0 bridgehead atoms. The van der Waals surface area contributed by atoms with Crippen molar-refractivity contribution in [1.82, 2.24) is 0 Å². The van der Waals surface area contributed by atoms with Crippen molar-refractivity contribution in [2.24, 2.45) is 0 Å². The van der Waals surface area contributed by atoms with Crippen molar-refractivity contribution >= 4 is 49.4 Å². The second-order valence-corrected chi connectivity index (χ2v) is 16.1. The van der Waals surface area contributed by atoms with Crippen molar-refractivity contribution in [3.63, 3.8) is 0 Å². The van der Waals surface area contributed by atoms with Crippen LogP contribution >= 0.6 is 0 Å². The van der Waals surface area contributed by atoms with E-state index in [-0.39, 0.29) is 5.41 Å². The van der Waals surface area contributed by atoms with E-state index in [1.165, 1.54) is 88.0 Å². The summed E-state index contributed by atoms with van der Waals surface area (Å²) in [6.45, 7) is 4.75. The van der Waals surface area contributed by atoms with Gasteiger partial charge >= 0.3 is 0 Å². The van der Waals surface area contributed by atoms with Crippen molar-refractivity contribution in [2.45, 2.75) is 19.3 Å². The van der Waals surface area contributed by atoms with Gasteiger partial charge in [0.05, 0.1) is 11.4 Å². The maximum absolute atomic E-state index is 2.55. The summed E-state index contributed by atoms with van der Waals surface area (Å²) in [5, 5.41) is 7.36. The average molecular weight is 740 g/mol. The molecule has 1 aliphatic rings. The number of benzene rings is 10. The molecule has 1 heteroatoms. The highest BCUT2D eigenvalue weighted by Crippen LogP contribution is 2.53. The predicted octanol–water partition coefficient (Wildman–Crippen LogP) is 15.9. The number of hydrogen-bond acceptors (Lipinski definition) is 1. The van der Waals surface area contributed by atoms with E-state index in [1.54, 1.807) is 0 Å². The van der Waals surface area contributed by atoms with Crippen molar-refractivity contribution < 1.29 is 0 Å². The molecule has 1 nitrogen and oxygen atoms in total. The minimum absolute atomic E-state index is 0.162. The number of hydrogen-bond donors (Lipinski definition) is 0. The third-order valence-electron chi connectivity index (χ3n) is 12.5. The van der Waals surface area contributed by atoms with Gasteiger partial charge in [0, 0.05) is 22.2 Å². The van der Waals surface area contributed by atoms with Gasteiger partial charge in [0.15, 0.2) is 0 Å². The van der Waals surface area contributed by atoms with E-state index in [1.807, 2.05) is 0 Å². The largest absolute Gasteiger partial charge is 0.309 e. The van der Waals surface area contributed by atoms with Crippen molar-refractivity contribution in [3.8, 4) is 44.5 Å². The Morgan fingerprint density at radius 2 is 0.879 bits per heavy atom. The lowest BCUT2D eigenvalue weighted by molar-refractivity contribution is 0.660. The third-order valence-corrected chi connectivity index (χ3v) is 12.5. The normalized spacial score (nSPS) is 12.8. The summed E-state index contributed by atoms with van der Waals surface area (Å²) >= 11 is 0. The van der Waals surface area contributed by atoms with Crippen LogP contribution in [0.25, 0.3) is 76.8 Å². The van der Waals surface area contributed by atoms with Gasteiger partial charge in [-0.05, 0) is 107 Å². The molecule has 0 unspecified atom stereocenters. The van der Waals surface area contributed by atoms with Crippen LogP contribution in [0.3, 0.4) is 0 Å². The maximum Gasteiger partial charge on any atom is 0.0546 e. The topological polar surface area (TPSA) is 3.24 Å². The zero-order chi connectivity index (χ0) is 38.8. The standard InChI is InChI=1S/C57H41N/c1-57(2)52-29-13-12-26-48(52)49-33-32-43(37-53(49)57)58(55-35-30-41-20-8-11-25-46(41)56(55)50-28-15-22-40-19-7-10-24-45(40)50)54-34-31-42(38-16-4-3-5-17-38)36-51(54)47-27-14-21-39-18-6-9-23-44(39)47/h3-37H,1-2H3. The first-order valence-electron chi connectivity index (χ1n) is 20.3. The molecule has 0 aliphatic heterocycles. The molecule has 10 aromatic rings.